The lowest BCUT2D eigenvalue weighted by Gasteiger charge is -2.32. The van der Waals surface area contributed by atoms with E-state index < -0.39 is 62.0 Å². The Hall–Kier alpha value is -3.21. The van der Waals surface area contributed by atoms with Crippen LogP contribution in [0.2, 0.25) is 0 Å². The zero-order valence-electron chi connectivity index (χ0n) is 23.3. The molecule has 1 aromatic carbocycles. The molecule has 0 amide bonds. The van der Waals surface area contributed by atoms with Crippen molar-refractivity contribution >= 4 is 48.2 Å². The third-order valence-electron chi connectivity index (χ3n) is 6.24. The number of carbonyl (C=O) groups is 1. The van der Waals surface area contributed by atoms with Gasteiger partial charge >= 0.3 is 19.9 Å². The molecule has 1 saturated heterocycles. The fourth-order valence-electron chi connectivity index (χ4n) is 4.25. The van der Waals surface area contributed by atoms with Gasteiger partial charge in [0.25, 0.3) is 0 Å². The van der Waals surface area contributed by atoms with Crippen LogP contribution in [0.25, 0.3) is 11.2 Å². The van der Waals surface area contributed by atoms with Crippen LogP contribution in [0.3, 0.4) is 0 Å². The fourth-order valence-corrected chi connectivity index (χ4v) is 6.05. The number of ether oxygens (including phenoxy) is 2. The highest BCUT2D eigenvalue weighted by molar-refractivity contribution is 7.52. The quantitative estimate of drug-likeness (QED) is 0.134. The second-order valence-electron chi connectivity index (χ2n) is 9.78. The molecule has 0 spiro atoms. The standard InChI is InChI=1S/C24H30ClF3N7O7P/c1-12(2)40-20(37)13(3)34-43(38,42-14-8-6-5-7-9-14)39-10-15-17(36)23(25,24(26,27)28)21(41-15)35-11-31-16-18(30-4)32-22(29)33-19(16)35/h5-9,11-13,15,17,21,36H,10H2,1-4H3,(H,34,38)(H3,29,30,32,33)/t13-,15+,17+,21+,23+,43-/m0/s1. The maximum Gasteiger partial charge on any atom is 0.459 e. The maximum absolute atomic E-state index is 14.5. The molecule has 1 aliphatic heterocycles. The average Bonchev–Trinajstić information content (AvgIpc) is 3.45. The Morgan fingerprint density at radius 3 is 2.56 bits per heavy atom. The van der Waals surface area contributed by atoms with E-state index >= 15 is 0 Å². The van der Waals surface area contributed by atoms with Gasteiger partial charge in [-0.2, -0.15) is 28.2 Å². The van der Waals surface area contributed by atoms with Gasteiger partial charge in [-0.05, 0) is 32.9 Å². The highest BCUT2D eigenvalue weighted by Gasteiger charge is 2.71. The molecule has 14 nitrogen and oxygen atoms in total. The first-order chi connectivity index (χ1) is 20.1. The highest BCUT2D eigenvalue weighted by Crippen LogP contribution is 2.55. The highest BCUT2D eigenvalue weighted by atomic mass is 35.5. The minimum Gasteiger partial charge on any atom is -0.462 e. The lowest BCUT2D eigenvalue weighted by molar-refractivity contribution is -0.195. The van der Waals surface area contributed by atoms with Gasteiger partial charge in [-0.1, -0.05) is 18.2 Å². The summed E-state index contributed by atoms with van der Waals surface area (Å²) in [4.78, 5) is 20.9. The van der Waals surface area contributed by atoms with E-state index in [1.165, 1.54) is 26.1 Å². The number of aliphatic hydroxyl groups excluding tert-OH is 1. The topological polar surface area (TPSA) is 185 Å². The van der Waals surface area contributed by atoms with E-state index in [0.29, 0.717) is 0 Å². The van der Waals surface area contributed by atoms with Crippen molar-refractivity contribution in [3.05, 3.63) is 36.7 Å². The molecule has 236 valence electrons. The van der Waals surface area contributed by atoms with Crippen LogP contribution in [-0.4, -0.2) is 79.7 Å². The van der Waals surface area contributed by atoms with Crippen LogP contribution in [0.4, 0.5) is 24.9 Å². The molecule has 0 unspecified atom stereocenters. The van der Waals surface area contributed by atoms with Gasteiger partial charge in [-0.15, -0.1) is 11.6 Å². The predicted octanol–water partition coefficient (Wildman–Crippen LogP) is 3.38. The molecule has 43 heavy (non-hydrogen) atoms. The minimum absolute atomic E-state index is 0.0537. The van der Waals surface area contributed by atoms with Crippen LogP contribution >= 0.6 is 19.3 Å². The van der Waals surface area contributed by atoms with E-state index in [0.717, 1.165) is 10.9 Å². The number of nitrogen functional groups attached to an aromatic ring is 1. The first-order valence-corrected chi connectivity index (χ1v) is 14.8. The van der Waals surface area contributed by atoms with Crippen LogP contribution in [0.5, 0.6) is 5.75 Å². The summed E-state index contributed by atoms with van der Waals surface area (Å²) in [6.45, 7) is 3.63. The Balaban J connectivity index is 1.65. The van der Waals surface area contributed by atoms with E-state index in [4.69, 9.17) is 35.9 Å². The first-order valence-electron chi connectivity index (χ1n) is 12.8. The fraction of sp³-hybridized carbons (Fsp3) is 0.500. The summed E-state index contributed by atoms with van der Waals surface area (Å²) >= 11 is 6.15. The maximum atomic E-state index is 14.5. The third-order valence-corrected chi connectivity index (χ3v) is 8.51. The number of nitrogens with two attached hydrogens (primary N) is 1. The number of imidazole rings is 1. The Bertz CT molecular complexity index is 1500. The molecule has 4 rings (SSSR count). The molecule has 6 atom stereocenters. The molecule has 0 bridgehead atoms. The van der Waals surface area contributed by atoms with E-state index in [1.54, 1.807) is 32.0 Å². The third kappa shape index (κ3) is 6.66. The van der Waals surface area contributed by atoms with Crippen LogP contribution in [0.15, 0.2) is 36.7 Å². The Morgan fingerprint density at radius 2 is 1.95 bits per heavy atom. The SMILES string of the molecule is CNc1nc(N)nc2c1ncn2[C@@H]1O[C@H](CO[P@@](=O)(N[C@@H](C)C(=O)OC(C)C)Oc2ccccc2)[C@@H](O)[C@]1(Cl)C(F)(F)F. The first kappa shape index (κ1) is 32.7. The summed E-state index contributed by atoms with van der Waals surface area (Å²) in [5.41, 5.74) is 5.62. The number of esters is 1. The molecular formula is C24H30ClF3N7O7P. The van der Waals surface area contributed by atoms with Gasteiger partial charge in [-0.25, -0.2) is 9.55 Å². The number of rotatable bonds is 11. The molecule has 3 heterocycles. The molecule has 0 aliphatic carbocycles. The van der Waals surface area contributed by atoms with Gasteiger partial charge < -0.3 is 30.2 Å². The van der Waals surface area contributed by atoms with Gasteiger partial charge in [-0.3, -0.25) is 13.9 Å². The van der Waals surface area contributed by atoms with Crippen molar-refractivity contribution in [1.82, 2.24) is 24.6 Å². The van der Waals surface area contributed by atoms with Crippen LogP contribution in [0, 0.1) is 0 Å². The van der Waals surface area contributed by atoms with Gasteiger partial charge in [0, 0.05) is 7.05 Å². The van der Waals surface area contributed by atoms with Crippen LogP contribution in [-0.2, 0) is 23.4 Å². The number of hydrogen-bond donors (Lipinski definition) is 4. The predicted molar refractivity (Wildman–Crippen MR) is 148 cm³/mol. The largest absolute Gasteiger partial charge is 0.462 e. The number of nitrogens with zero attached hydrogens (tertiary/aromatic N) is 4. The van der Waals surface area contributed by atoms with Crippen molar-refractivity contribution < 1.29 is 46.2 Å². The lowest BCUT2D eigenvalue weighted by Crippen LogP contribution is -2.53. The molecule has 2 aromatic heterocycles. The molecule has 3 aromatic rings. The van der Waals surface area contributed by atoms with E-state index in [2.05, 4.69) is 25.4 Å². The second-order valence-corrected chi connectivity index (χ2v) is 12.1. The van der Waals surface area contributed by atoms with Crippen molar-refractivity contribution in [1.29, 1.82) is 0 Å². The summed E-state index contributed by atoms with van der Waals surface area (Å²) in [6.07, 6.45) is -11.1. The van der Waals surface area contributed by atoms with Gasteiger partial charge in [0.05, 0.1) is 19.0 Å². The molecule has 1 aliphatic rings. The van der Waals surface area contributed by atoms with Crippen LogP contribution in [0.1, 0.15) is 27.0 Å². The smallest absolute Gasteiger partial charge is 0.459 e. The number of para-hydroxylation sites is 1. The number of halogens is 4. The van der Waals surface area contributed by atoms with Gasteiger partial charge in [0.15, 0.2) is 23.2 Å². The molecule has 5 N–H and O–H groups in total. The number of fused-ring (bicyclic) bond motifs is 1. The molecule has 0 radical (unpaired) electrons. The Labute approximate surface area is 248 Å². The van der Waals surface area contributed by atoms with Gasteiger partial charge in [0.1, 0.15) is 24.0 Å². The number of hydrogen-bond acceptors (Lipinski definition) is 12. The molecule has 0 saturated carbocycles. The summed E-state index contributed by atoms with van der Waals surface area (Å²) in [7, 11) is -3.02. The number of aromatic nitrogens is 4. The van der Waals surface area contributed by atoms with Crippen molar-refractivity contribution in [2.75, 3.05) is 24.7 Å². The number of carbonyl (C=O) groups excluding carboxylic acids is 1. The Morgan fingerprint density at radius 1 is 1.28 bits per heavy atom. The van der Waals surface area contributed by atoms with E-state index in [1.807, 2.05) is 0 Å². The second kappa shape index (κ2) is 12.4. The number of aliphatic hydroxyl groups is 1. The summed E-state index contributed by atoms with van der Waals surface area (Å²) in [5.74, 6) is -0.891. The van der Waals surface area contributed by atoms with Gasteiger partial charge in [0.2, 0.25) is 10.8 Å². The number of nitrogens with one attached hydrogen (secondary N) is 2. The lowest BCUT2D eigenvalue weighted by atomic mass is 9.98. The summed E-state index contributed by atoms with van der Waals surface area (Å²) in [6, 6.07) is 6.45. The van der Waals surface area contributed by atoms with E-state index in [9.17, 15) is 27.6 Å². The number of benzene rings is 1. The minimum atomic E-state index is -5.24. The molecule has 19 heteroatoms. The number of anilines is 2. The summed E-state index contributed by atoms with van der Waals surface area (Å²) in [5, 5.41) is 16.0. The summed E-state index contributed by atoms with van der Waals surface area (Å²) < 4.78 is 79.8. The normalized spacial score (nSPS) is 24.6. The average molecular weight is 652 g/mol. The molecular weight excluding hydrogens is 622 g/mol. The van der Waals surface area contributed by atoms with Crippen molar-refractivity contribution in [3.63, 3.8) is 0 Å². The zero-order chi connectivity index (χ0) is 31.7. The van der Waals surface area contributed by atoms with E-state index in [-0.39, 0.29) is 28.7 Å². The number of alkyl halides is 4. The Kier molecular flexibility index (Phi) is 9.44. The van der Waals surface area contributed by atoms with Crippen molar-refractivity contribution in [2.45, 2.75) is 62.4 Å². The van der Waals surface area contributed by atoms with Crippen molar-refractivity contribution in [2.24, 2.45) is 0 Å². The molecule has 1 fully saturated rings. The monoisotopic (exact) mass is 651 g/mol. The zero-order valence-corrected chi connectivity index (χ0v) is 24.9. The van der Waals surface area contributed by atoms with Crippen LogP contribution < -0.4 is 20.7 Å². The van der Waals surface area contributed by atoms with Crippen molar-refractivity contribution in [3.8, 4) is 5.75 Å².